The largest absolute Gasteiger partial charge is 0.372 e. The van der Waals surface area contributed by atoms with E-state index in [9.17, 15) is 0 Å². The van der Waals surface area contributed by atoms with Crippen molar-refractivity contribution in [1.29, 1.82) is 0 Å². The van der Waals surface area contributed by atoms with Crippen molar-refractivity contribution < 1.29 is 0 Å². The van der Waals surface area contributed by atoms with Crippen molar-refractivity contribution >= 4 is 5.82 Å². The fourth-order valence-corrected chi connectivity index (χ4v) is 2.60. The minimum atomic E-state index is 0.351. The zero-order chi connectivity index (χ0) is 13.1. The summed E-state index contributed by atoms with van der Waals surface area (Å²) in [6.07, 6.45) is 9.56. The van der Waals surface area contributed by atoms with Crippen LogP contribution in [-0.2, 0) is 6.54 Å². The van der Waals surface area contributed by atoms with E-state index < -0.39 is 0 Å². The molecule has 2 N–H and O–H groups in total. The molecule has 0 saturated carbocycles. The van der Waals surface area contributed by atoms with Crippen LogP contribution in [0, 0.1) is 0 Å². The Morgan fingerprint density at radius 1 is 1.37 bits per heavy atom. The van der Waals surface area contributed by atoms with Crippen LogP contribution in [-0.4, -0.2) is 38.4 Å². The van der Waals surface area contributed by atoms with Crippen LogP contribution >= 0.6 is 0 Å². The van der Waals surface area contributed by atoms with Gasteiger partial charge in [0.2, 0.25) is 0 Å². The summed E-state index contributed by atoms with van der Waals surface area (Å²) >= 11 is 0. The van der Waals surface area contributed by atoms with Gasteiger partial charge >= 0.3 is 0 Å². The first-order chi connectivity index (χ1) is 9.36. The summed E-state index contributed by atoms with van der Waals surface area (Å²) in [6.45, 7) is 1.98. The summed E-state index contributed by atoms with van der Waals surface area (Å²) in [7, 11) is 1.87. The van der Waals surface area contributed by atoms with Crippen LogP contribution in [0.25, 0.3) is 0 Å². The number of rotatable bonds is 4. The van der Waals surface area contributed by atoms with E-state index in [1.165, 1.54) is 6.42 Å². The third-order valence-corrected chi connectivity index (χ3v) is 3.54. The second-order valence-corrected chi connectivity index (χ2v) is 4.78. The van der Waals surface area contributed by atoms with E-state index in [0.29, 0.717) is 6.04 Å². The Kier molecular flexibility index (Phi) is 3.41. The minimum absolute atomic E-state index is 0.351. The molecule has 0 radical (unpaired) electrons. The van der Waals surface area contributed by atoms with Gasteiger partial charge in [0.15, 0.2) is 0 Å². The maximum atomic E-state index is 4.61. The van der Waals surface area contributed by atoms with Gasteiger partial charge in [-0.15, -0.1) is 0 Å². The molecule has 1 saturated heterocycles. The highest BCUT2D eigenvalue weighted by Gasteiger charge is 2.27. The second-order valence-electron chi connectivity index (χ2n) is 4.78. The van der Waals surface area contributed by atoms with Crippen LogP contribution in [0.2, 0.25) is 0 Å². The molecule has 3 rings (SSSR count). The lowest BCUT2D eigenvalue weighted by atomic mass is 10.1. The number of imidazole rings is 1. The highest BCUT2D eigenvalue weighted by atomic mass is 15.2. The normalized spacial score (nSPS) is 19.7. The number of aromatic amines is 1. The Hall–Kier alpha value is -1.95. The first-order valence-electron chi connectivity index (χ1n) is 6.58. The van der Waals surface area contributed by atoms with Gasteiger partial charge in [-0.1, -0.05) is 0 Å². The van der Waals surface area contributed by atoms with E-state index in [2.05, 4.69) is 30.2 Å². The van der Waals surface area contributed by atoms with Crippen molar-refractivity contribution in [3.63, 3.8) is 0 Å². The van der Waals surface area contributed by atoms with Crippen molar-refractivity contribution in [3.8, 4) is 0 Å². The van der Waals surface area contributed by atoms with Crippen LogP contribution < -0.4 is 5.32 Å². The van der Waals surface area contributed by atoms with E-state index in [0.717, 1.165) is 36.7 Å². The van der Waals surface area contributed by atoms with Gasteiger partial charge in [0.05, 0.1) is 30.5 Å². The molecule has 6 heteroatoms. The Morgan fingerprint density at radius 2 is 2.32 bits per heavy atom. The molecule has 3 heterocycles. The quantitative estimate of drug-likeness (QED) is 0.871. The molecule has 2 aromatic heterocycles. The number of nitrogens with one attached hydrogen (secondary N) is 2. The molecule has 0 bridgehead atoms. The topological polar surface area (TPSA) is 69.7 Å². The first kappa shape index (κ1) is 12.1. The average Bonchev–Trinajstić information content (AvgIpc) is 3.11. The summed E-state index contributed by atoms with van der Waals surface area (Å²) in [6, 6.07) is 0.351. The van der Waals surface area contributed by atoms with Crippen LogP contribution in [0.5, 0.6) is 0 Å². The average molecular weight is 258 g/mol. The minimum Gasteiger partial charge on any atom is -0.372 e. The zero-order valence-electron chi connectivity index (χ0n) is 11.0. The van der Waals surface area contributed by atoms with E-state index in [1.54, 1.807) is 12.5 Å². The Morgan fingerprint density at radius 3 is 3.11 bits per heavy atom. The van der Waals surface area contributed by atoms with Crippen molar-refractivity contribution in [2.75, 3.05) is 18.9 Å². The van der Waals surface area contributed by atoms with Crippen molar-refractivity contribution in [1.82, 2.24) is 24.8 Å². The number of anilines is 1. The molecule has 0 amide bonds. The molecule has 6 nitrogen and oxygen atoms in total. The molecular weight excluding hydrogens is 240 g/mol. The summed E-state index contributed by atoms with van der Waals surface area (Å²) < 4.78 is 0. The summed E-state index contributed by atoms with van der Waals surface area (Å²) in [5.41, 5.74) is 2.19. The van der Waals surface area contributed by atoms with Gasteiger partial charge in [0, 0.05) is 25.5 Å². The van der Waals surface area contributed by atoms with Crippen LogP contribution in [0.4, 0.5) is 5.82 Å². The predicted molar refractivity (Wildman–Crippen MR) is 72.6 cm³/mol. The SMILES string of the molecule is CNc1cncc(C2CCCN2Cc2cnc[nH]2)n1. The van der Waals surface area contributed by atoms with Gasteiger partial charge in [-0.3, -0.25) is 9.88 Å². The fraction of sp³-hybridized carbons (Fsp3) is 0.462. The Labute approximate surface area is 112 Å². The van der Waals surface area contributed by atoms with Gasteiger partial charge in [-0.2, -0.15) is 0 Å². The van der Waals surface area contributed by atoms with Crippen molar-refractivity contribution in [3.05, 3.63) is 36.3 Å². The lowest BCUT2D eigenvalue weighted by Gasteiger charge is -2.23. The lowest BCUT2D eigenvalue weighted by Crippen LogP contribution is -2.24. The second kappa shape index (κ2) is 5.36. The van der Waals surface area contributed by atoms with Crippen LogP contribution in [0.15, 0.2) is 24.9 Å². The van der Waals surface area contributed by atoms with E-state index in [4.69, 9.17) is 0 Å². The highest BCUT2D eigenvalue weighted by molar-refractivity contribution is 5.31. The van der Waals surface area contributed by atoms with E-state index in [1.807, 2.05) is 19.4 Å². The first-order valence-corrected chi connectivity index (χ1v) is 6.58. The van der Waals surface area contributed by atoms with Crippen molar-refractivity contribution in [2.24, 2.45) is 0 Å². The van der Waals surface area contributed by atoms with Gasteiger partial charge in [-0.05, 0) is 19.4 Å². The number of hydrogen-bond acceptors (Lipinski definition) is 5. The van der Waals surface area contributed by atoms with E-state index >= 15 is 0 Å². The Balaban J connectivity index is 1.78. The standard InChI is InChI=1S/C13H18N6/c1-14-13-7-15-6-11(18-13)12-3-2-4-19(12)8-10-5-16-9-17-10/h5-7,9,12H,2-4,8H2,1H3,(H,14,18)(H,16,17). The maximum absolute atomic E-state index is 4.61. The van der Waals surface area contributed by atoms with Crippen molar-refractivity contribution in [2.45, 2.75) is 25.4 Å². The molecule has 0 aliphatic carbocycles. The molecule has 1 fully saturated rings. The zero-order valence-corrected chi connectivity index (χ0v) is 11.0. The molecule has 1 aliphatic heterocycles. The molecule has 2 aromatic rings. The highest BCUT2D eigenvalue weighted by Crippen LogP contribution is 2.31. The molecule has 19 heavy (non-hydrogen) atoms. The summed E-state index contributed by atoms with van der Waals surface area (Å²) in [5.74, 6) is 0.825. The molecule has 1 unspecified atom stereocenters. The van der Waals surface area contributed by atoms with Gasteiger partial charge in [0.1, 0.15) is 5.82 Å². The molecule has 100 valence electrons. The number of H-pyrrole nitrogens is 1. The van der Waals surface area contributed by atoms with Gasteiger partial charge in [0.25, 0.3) is 0 Å². The smallest absolute Gasteiger partial charge is 0.144 e. The third-order valence-electron chi connectivity index (χ3n) is 3.54. The fourth-order valence-electron chi connectivity index (χ4n) is 2.60. The molecule has 1 aliphatic rings. The number of aromatic nitrogens is 4. The number of nitrogens with zero attached hydrogens (tertiary/aromatic N) is 4. The maximum Gasteiger partial charge on any atom is 0.144 e. The summed E-state index contributed by atoms with van der Waals surface area (Å²) in [5, 5.41) is 3.04. The molecule has 1 atom stereocenters. The predicted octanol–water partition coefficient (Wildman–Crippen LogP) is 1.58. The Bertz CT molecular complexity index is 524. The van der Waals surface area contributed by atoms with Gasteiger partial charge < -0.3 is 10.3 Å². The third kappa shape index (κ3) is 2.58. The lowest BCUT2D eigenvalue weighted by molar-refractivity contribution is 0.241. The van der Waals surface area contributed by atoms with E-state index in [-0.39, 0.29) is 0 Å². The summed E-state index contributed by atoms with van der Waals surface area (Å²) in [4.78, 5) is 18.5. The molecule has 0 aromatic carbocycles. The van der Waals surface area contributed by atoms with Crippen LogP contribution in [0.1, 0.15) is 30.3 Å². The number of hydrogen-bond donors (Lipinski definition) is 2. The van der Waals surface area contributed by atoms with Gasteiger partial charge in [-0.25, -0.2) is 9.97 Å². The monoisotopic (exact) mass is 258 g/mol. The number of likely N-dealkylation sites (tertiary alicyclic amines) is 1. The van der Waals surface area contributed by atoms with Crippen LogP contribution in [0.3, 0.4) is 0 Å². The molecule has 0 spiro atoms. The molecular formula is C13H18N6.